The summed E-state index contributed by atoms with van der Waals surface area (Å²) in [5.74, 6) is 1.75. The van der Waals surface area contributed by atoms with Crippen molar-refractivity contribution in [1.82, 2.24) is 0 Å². The van der Waals surface area contributed by atoms with E-state index in [0.717, 1.165) is 16.8 Å². The predicted molar refractivity (Wildman–Crippen MR) is 110 cm³/mol. The number of aryl methyl sites for hydroxylation is 1. The summed E-state index contributed by atoms with van der Waals surface area (Å²) in [5, 5.41) is 0. The Bertz CT molecular complexity index is 943. The van der Waals surface area contributed by atoms with E-state index < -0.39 is 0 Å². The van der Waals surface area contributed by atoms with Gasteiger partial charge in [-0.25, -0.2) is 0 Å². The van der Waals surface area contributed by atoms with Crippen LogP contribution in [0.1, 0.15) is 16.9 Å². The van der Waals surface area contributed by atoms with Crippen LogP contribution < -0.4 is 14.4 Å². The number of rotatable bonds is 7. The number of hydrogen-bond acceptors (Lipinski definition) is 4. The molecule has 0 fully saturated rings. The topological polar surface area (TPSA) is 51.9 Å². The van der Waals surface area contributed by atoms with Crippen LogP contribution in [-0.4, -0.2) is 20.1 Å². The highest BCUT2D eigenvalue weighted by Crippen LogP contribution is 2.31. The van der Waals surface area contributed by atoms with E-state index in [1.165, 1.54) is 6.08 Å². The number of para-hydroxylation sites is 1. The average molecular weight is 377 g/mol. The Morgan fingerprint density at radius 3 is 2.46 bits per heavy atom. The molecule has 5 nitrogen and oxygen atoms in total. The molecule has 1 heterocycles. The fourth-order valence-corrected chi connectivity index (χ4v) is 2.87. The van der Waals surface area contributed by atoms with Gasteiger partial charge in [0.2, 0.25) is 0 Å². The lowest BCUT2D eigenvalue weighted by Crippen LogP contribution is -2.28. The summed E-state index contributed by atoms with van der Waals surface area (Å²) in [6, 6.07) is 17.0. The highest BCUT2D eigenvalue weighted by molar-refractivity contribution is 6.04. The maximum absolute atomic E-state index is 13.0. The van der Waals surface area contributed by atoms with E-state index in [4.69, 9.17) is 13.9 Å². The van der Waals surface area contributed by atoms with Crippen LogP contribution in [0.25, 0.3) is 6.08 Å². The predicted octanol–water partition coefficient (Wildman–Crippen LogP) is 4.85. The molecule has 0 unspecified atom stereocenters. The normalized spacial score (nSPS) is 10.8. The number of anilines is 1. The van der Waals surface area contributed by atoms with Gasteiger partial charge in [-0.2, -0.15) is 0 Å². The summed E-state index contributed by atoms with van der Waals surface area (Å²) < 4.78 is 16.2. The van der Waals surface area contributed by atoms with E-state index in [2.05, 4.69) is 0 Å². The molecule has 0 bridgehead atoms. The third-order valence-corrected chi connectivity index (χ3v) is 4.34. The third kappa shape index (κ3) is 4.43. The zero-order chi connectivity index (χ0) is 19.9. The molecule has 3 rings (SSSR count). The van der Waals surface area contributed by atoms with Crippen molar-refractivity contribution in [3.8, 4) is 11.5 Å². The average Bonchev–Trinajstić information content (AvgIpc) is 3.24. The lowest BCUT2D eigenvalue weighted by atomic mass is 10.1. The maximum Gasteiger partial charge on any atom is 0.251 e. The first-order valence-electron chi connectivity index (χ1n) is 8.92. The van der Waals surface area contributed by atoms with Gasteiger partial charge in [0, 0.05) is 17.3 Å². The number of methoxy groups -OCH3 is 2. The Balaban J connectivity index is 1.89. The van der Waals surface area contributed by atoms with Gasteiger partial charge in [-0.1, -0.05) is 29.8 Å². The molecular weight excluding hydrogens is 354 g/mol. The second-order valence-electron chi connectivity index (χ2n) is 6.26. The van der Waals surface area contributed by atoms with E-state index in [-0.39, 0.29) is 5.91 Å². The van der Waals surface area contributed by atoms with Gasteiger partial charge in [0.15, 0.2) is 11.5 Å². The van der Waals surface area contributed by atoms with Crippen LogP contribution >= 0.6 is 0 Å². The fourth-order valence-electron chi connectivity index (χ4n) is 2.87. The van der Waals surface area contributed by atoms with Gasteiger partial charge in [-0.3, -0.25) is 4.79 Å². The number of hydrogen-bond donors (Lipinski definition) is 0. The van der Waals surface area contributed by atoms with Crippen molar-refractivity contribution >= 4 is 17.7 Å². The van der Waals surface area contributed by atoms with Gasteiger partial charge >= 0.3 is 0 Å². The summed E-state index contributed by atoms with van der Waals surface area (Å²) in [6.45, 7) is 2.35. The first-order chi connectivity index (χ1) is 13.6. The Hall–Kier alpha value is -3.47. The van der Waals surface area contributed by atoms with Gasteiger partial charge in [0.1, 0.15) is 5.76 Å². The number of furan rings is 1. The Morgan fingerprint density at radius 1 is 1.04 bits per heavy atom. The van der Waals surface area contributed by atoms with E-state index in [9.17, 15) is 4.79 Å². The van der Waals surface area contributed by atoms with Gasteiger partial charge in [-0.15, -0.1) is 0 Å². The minimum atomic E-state index is -0.162. The van der Waals surface area contributed by atoms with Crippen molar-refractivity contribution in [3.63, 3.8) is 0 Å². The quantitative estimate of drug-likeness (QED) is 0.552. The molecule has 1 amide bonds. The van der Waals surface area contributed by atoms with Crippen LogP contribution in [0.15, 0.2) is 71.4 Å². The van der Waals surface area contributed by atoms with E-state index in [0.29, 0.717) is 23.8 Å². The molecule has 0 radical (unpaired) electrons. The molecule has 0 aliphatic heterocycles. The van der Waals surface area contributed by atoms with Gasteiger partial charge in [0.25, 0.3) is 5.91 Å². The van der Waals surface area contributed by atoms with Crippen molar-refractivity contribution in [3.05, 3.63) is 83.8 Å². The molecule has 3 aromatic rings. The number of carbonyl (C=O) groups excluding carboxylic acids is 1. The molecule has 0 spiro atoms. The van der Waals surface area contributed by atoms with Crippen LogP contribution in [0.3, 0.4) is 0 Å². The zero-order valence-corrected chi connectivity index (χ0v) is 16.2. The standard InChI is InChI=1S/C23H23NO4/c1-17-9-12-19(13-10-17)24(16-20-7-5-15-28-20)22(25)14-11-18-6-4-8-21(26-2)23(18)27-3/h4-15H,16H2,1-3H3. The molecule has 0 aliphatic rings. The molecule has 144 valence electrons. The van der Waals surface area contributed by atoms with E-state index >= 15 is 0 Å². The van der Waals surface area contributed by atoms with Gasteiger partial charge < -0.3 is 18.8 Å². The fraction of sp³-hybridized carbons (Fsp3) is 0.174. The minimum absolute atomic E-state index is 0.162. The second-order valence-corrected chi connectivity index (χ2v) is 6.26. The zero-order valence-electron chi connectivity index (χ0n) is 16.2. The number of ether oxygens (including phenoxy) is 2. The molecule has 28 heavy (non-hydrogen) atoms. The maximum atomic E-state index is 13.0. The summed E-state index contributed by atoms with van der Waals surface area (Å²) in [7, 11) is 3.16. The number of benzene rings is 2. The van der Waals surface area contributed by atoms with Crippen molar-refractivity contribution in [2.75, 3.05) is 19.1 Å². The monoisotopic (exact) mass is 377 g/mol. The van der Waals surface area contributed by atoms with Crippen LogP contribution in [0.5, 0.6) is 11.5 Å². The van der Waals surface area contributed by atoms with Crippen molar-refractivity contribution in [1.29, 1.82) is 0 Å². The number of amides is 1. The minimum Gasteiger partial charge on any atom is -0.493 e. The third-order valence-electron chi connectivity index (χ3n) is 4.34. The van der Waals surface area contributed by atoms with Gasteiger partial charge in [-0.05, 0) is 43.3 Å². The molecule has 0 saturated heterocycles. The lowest BCUT2D eigenvalue weighted by Gasteiger charge is -2.20. The number of nitrogens with zero attached hydrogens (tertiary/aromatic N) is 1. The first kappa shape index (κ1) is 19.3. The van der Waals surface area contributed by atoms with Crippen molar-refractivity contribution in [2.24, 2.45) is 0 Å². The molecule has 5 heteroatoms. The van der Waals surface area contributed by atoms with Crippen molar-refractivity contribution in [2.45, 2.75) is 13.5 Å². The highest BCUT2D eigenvalue weighted by atomic mass is 16.5. The summed E-state index contributed by atoms with van der Waals surface area (Å²) in [5.41, 5.74) is 2.69. The molecule has 1 aromatic heterocycles. The SMILES string of the molecule is COc1cccc(C=CC(=O)N(Cc2ccco2)c2ccc(C)cc2)c1OC. The summed E-state index contributed by atoms with van der Waals surface area (Å²) in [6.07, 6.45) is 4.86. The molecule has 2 aromatic carbocycles. The van der Waals surface area contributed by atoms with Crippen LogP contribution in [-0.2, 0) is 11.3 Å². The largest absolute Gasteiger partial charge is 0.493 e. The molecular formula is C23H23NO4. The van der Waals surface area contributed by atoms with Crippen LogP contribution in [0.2, 0.25) is 0 Å². The highest BCUT2D eigenvalue weighted by Gasteiger charge is 2.16. The smallest absolute Gasteiger partial charge is 0.251 e. The molecule has 0 saturated carbocycles. The van der Waals surface area contributed by atoms with E-state index in [1.54, 1.807) is 31.5 Å². The Labute approximate surface area is 164 Å². The Morgan fingerprint density at radius 2 is 1.82 bits per heavy atom. The van der Waals surface area contributed by atoms with Crippen LogP contribution in [0, 0.1) is 6.92 Å². The number of carbonyl (C=O) groups is 1. The summed E-state index contributed by atoms with van der Waals surface area (Å²) in [4.78, 5) is 14.7. The van der Waals surface area contributed by atoms with Crippen LogP contribution in [0.4, 0.5) is 5.69 Å². The lowest BCUT2D eigenvalue weighted by molar-refractivity contribution is -0.114. The van der Waals surface area contributed by atoms with Crippen molar-refractivity contribution < 1.29 is 18.7 Å². The first-order valence-corrected chi connectivity index (χ1v) is 8.92. The van der Waals surface area contributed by atoms with E-state index in [1.807, 2.05) is 61.5 Å². The summed E-state index contributed by atoms with van der Waals surface area (Å²) >= 11 is 0. The van der Waals surface area contributed by atoms with Gasteiger partial charge in [0.05, 0.1) is 27.0 Å². The molecule has 0 N–H and O–H groups in total. The second kappa shape index (κ2) is 8.95. The molecule has 0 aliphatic carbocycles. The molecule has 0 atom stereocenters. The Kier molecular flexibility index (Phi) is 6.17.